The third-order valence-electron chi connectivity index (χ3n) is 4.14. The van der Waals surface area contributed by atoms with Crippen molar-refractivity contribution in [3.05, 3.63) is 23.3 Å². The molecule has 0 saturated carbocycles. The van der Waals surface area contributed by atoms with Crippen LogP contribution in [0.1, 0.15) is 59.8 Å². The second-order valence-corrected chi connectivity index (χ2v) is 5.91. The van der Waals surface area contributed by atoms with Crippen molar-refractivity contribution < 1.29 is 14.3 Å². The molecule has 3 nitrogen and oxygen atoms in total. The number of hydrogen-bond acceptors (Lipinski definition) is 3. The number of esters is 1. The van der Waals surface area contributed by atoms with Gasteiger partial charge in [-0.05, 0) is 52.9 Å². The quantitative estimate of drug-likeness (QED) is 0.290. The summed E-state index contributed by atoms with van der Waals surface area (Å²) >= 11 is 0. The standard InChI is InChI=1S/C17H28O3/c1-6-17(4)15(20-17)11-10-13(2)8-7-9-14(3)12-16(18)19-5/h8,12,15H,6-7,9-11H2,1-5H3/t15-,17+/m1/s1. The van der Waals surface area contributed by atoms with Crippen molar-refractivity contribution in [1.29, 1.82) is 0 Å². The molecule has 0 radical (unpaired) electrons. The molecular weight excluding hydrogens is 252 g/mol. The number of carbonyl (C=O) groups is 1. The Morgan fingerprint density at radius 2 is 2.00 bits per heavy atom. The van der Waals surface area contributed by atoms with Gasteiger partial charge in [-0.2, -0.15) is 0 Å². The fourth-order valence-corrected chi connectivity index (χ4v) is 2.31. The minimum Gasteiger partial charge on any atom is -0.466 e. The van der Waals surface area contributed by atoms with Crippen molar-refractivity contribution in [3.63, 3.8) is 0 Å². The van der Waals surface area contributed by atoms with Crippen molar-refractivity contribution in [1.82, 2.24) is 0 Å². The maximum absolute atomic E-state index is 11.1. The first kappa shape index (κ1) is 17.0. The molecule has 2 atom stereocenters. The van der Waals surface area contributed by atoms with Crippen LogP contribution < -0.4 is 0 Å². The minimum absolute atomic E-state index is 0.139. The van der Waals surface area contributed by atoms with Gasteiger partial charge in [-0.1, -0.05) is 24.1 Å². The van der Waals surface area contributed by atoms with E-state index in [0.29, 0.717) is 6.10 Å². The molecule has 0 aromatic rings. The average Bonchev–Trinajstić information content (AvgIpc) is 3.08. The maximum atomic E-state index is 11.1. The molecule has 0 N–H and O–H groups in total. The normalized spacial score (nSPS) is 26.6. The van der Waals surface area contributed by atoms with Crippen LogP contribution in [0.25, 0.3) is 0 Å². The number of allylic oxidation sites excluding steroid dienone is 3. The van der Waals surface area contributed by atoms with E-state index in [1.165, 1.54) is 12.7 Å². The zero-order chi connectivity index (χ0) is 15.2. The van der Waals surface area contributed by atoms with Gasteiger partial charge < -0.3 is 9.47 Å². The van der Waals surface area contributed by atoms with Crippen molar-refractivity contribution in [3.8, 4) is 0 Å². The molecule has 1 aliphatic heterocycles. The van der Waals surface area contributed by atoms with Crippen LogP contribution in [0, 0.1) is 0 Å². The molecule has 1 heterocycles. The number of rotatable bonds is 8. The third kappa shape index (κ3) is 5.49. The van der Waals surface area contributed by atoms with E-state index in [1.54, 1.807) is 6.08 Å². The van der Waals surface area contributed by atoms with Crippen molar-refractivity contribution >= 4 is 5.97 Å². The minimum atomic E-state index is -0.270. The highest BCUT2D eigenvalue weighted by Crippen LogP contribution is 2.42. The van der Waals surface area contributed by atoms with Gasteiger partial charge in [0, 0.05) is 6.08 Å². The van der Waals surface area contributed by atoms with Gasteiger partial charge in [0.05, 0.1) is 18.8 Å². The summed E-state index contributed by atoms with van der Waals surface area (Å²) in [4.78, 5) is 11.1. The van der Waals surface area contributed by atoms with E-state index in [4.69, 9.17) is 4.74 Å². The van der Waals surface area contributed by atoms with E-state index in [2.05, 4.69) is 31.6 Å². The van der Waals surface area contributed by atoms with Gasteiger partial charge in [0.15, 0.2) is 0 Å². The molecule has 0 spiro atoms. The van der Waals surface area contributed by atoms with Crippen LogP contribution in [-0.2, 0) is 14.3 Å². The van der Waals surface area contributed by atoms with Crippen LogP contribution >= 0.6 is 0 Å². The molecule has 0 bridgehead atoms. The first-order chi connectivity index (χ1) is 9.41. The fourth-order valence-electron chi connectivity index (χ4n) is 2.31. The molecule has 0 aliphatic carbocycles. The van der Waals surface area contributed by atoms with Gasteiger partial charge in [0.2, 0.25) is 0 Å². The van der Waals surface area contributed by atoms with E-state index in [-0.39, 0.29) is 11.6 Å². The van der Waals surface area contributed by atoms with Gasteiger partial charge in [0.1, 0.15) is 0 Å². The van der Waals surface area contributed by atoms with Crippen LogP contribution in [0.3, 0.4) is 0 Å². The summed E-state index contributed by atoms with van der Waals surface area (Å²) in [5, 5.41) is 0. The van der Waals surface area contributed by atoms with Crippen LogP contribution in [0.4, 0.5) is 0 Å². The summed E-state index contributed by atoms with van der Waals surface area (Å²) in [5.74, 6) is -0.270. The number of epoxide rings is 1. The highest BCUT2D eigenvalue weighted by Gasteiger charge is 2.49. The van der Waals surface area contributed by atoms with Crippen molar-refractivity contribution in [2.24, 2.45) is 0 Å². The predicted molar refractivity (Wildman–Crippen MR) is 81.6 cm³/mol. The summed E-state index contributed by atoms with van der Waals surface area (Å²) in [6.07, 6.45) is 9.45. The molecule has 1 fully saturated rings. The Kier molecular flexibility index (Phi) is 6.47. The first-order valence-electron chi connectivity index (χ1n) is 7.50. The predicted octanol–water partition coefficient (Wildman–Crippen LogP) is 4.18. The lowest BCUT2D eigenvalue weighted by atomic mass is 9.99. The number of carbonyl (C=O) groups excluding carboxylic acids is 1. The molecule has 114 valence electrons. The van der Waals surface area contributed by atoms with Crippen LogP contribution in [0.15, 0.2) is 23.3 Å². The second kappa shape index (κ2) is 7.63. The molecule has 1 rings (SSSR count). The van der Waals surface area contributed by atoms with E-state index in [1.807, 2.05) is 6.92 Å². The Morgan fingerprint density at radius 3 is 2.55 bits per heavy atom. The molecular formula is C17H28O3. The highest BCUT2D eigenvalue weighted by molar-refractivity contribution is 5.82. The molecule has 0 unspecified atom stereocenters. The smallest absolute Gasteiger partial charge is 0.330 e. The summed E-state index contributed by atoms with van der Waals surface area (Å²) in [7, 11) is 1.40. The fraction of sp³-hybridized carbons (Fsp3) is 0.706. The SMILES string of the molecule is CC[C@]1(C)O[C@@H]1CCC(C)=CCCC(C)=CC(=O)OC. The van der Waals surface area contributed by atoms with Crippen molar-refractivity contribution in [2.75, 3.05) is 7.11 Å². The maximum Gasteiger partial charge on any atom is 0.330 e. The highest BCUT2D eigenvalue weighted by atomic mass is 16.6. The van der Waals surface area contributed by atoms with Gasteiger partial charge in [-0.3, -0.25) is 0 Å². The summed E-state index contributed by atoms with van der Waals surface area (Å²) in [5.41, 5.74) is 2.61. The topological polar surface area (TPSA) is 38.8 Å². The molecule has 1 aliphatic rings. The number of ether oxygens (including phenoxy) is 2. The van der Waals surface area contributed by atoms with Gasteiger partial charge in [0.25, 0.3) is 0 Å². The molecule has 0 aromatic heterocycles. The van der Waals surface area contributed by atoms with Gasteiger partial charge >= 0.3 is 5.97 Å². The Labute approximate surface area is 123 Å². The van der Waals surface area contributed by atoms with Crippen molar-refractivity contribution in [2.45, 2.75) is 71.5 Å². The van der Waals surface area contributed by atoms with E-state index >= 15 is 0 Å². The Balaban J connectivity index is 2.22. The lowest BCUT2D eigenvalue weighted by molar-refractivity contribution is -0.134. The van der Waals surface area contributed by atoms with Gasteiger partial charge in [-0.15, -0.1) is 0 Å². The molecule has 3 heteroatoms. The lowest BCUT2D eigenvalue weighted by Gasteiger charge is -2.03. The lowest BCUT2D eigenvalue weighted by Crippen LogP contribution is -2.07. The molecule has 0 aromatic carbocycles. The largest absolute Gasteiger partial charge is 0.466 e. The van der Waals surface area contributed by atoms with E-state index < -0.39 is 0 Å². The molecule has 0 amide bonds. The number of hydrogen-bond donors (Lipinski definition) is 0. The number of methoxy groups -OCH3 is 1. The third-order valence-corrected chi connectivity index (χ3v) is 4.14. The van der Waals surface area contributed by atoms with E-state index in [0.717, 1.165) is 37.7 Å². The Bertz CT molecular complexity index is 395. The van der Waals surface area contributed by atoms with Crippen LogP contribution in [-0.4, -0.2) is 24.8 Å². The average molecular weight is 280 g/mol. The zero-order valence-corrected chi connectivity index (χ0v) is 13.5. The van der Waals surface area contributed by atoms with Crippen LogP contribution in [0.2, 0.25) is 0 Å². The van der Waals surface area contributed by atoms with E-state index in [9.17, 15) is 4.79 Å². The monoisotopic (exact) mass is 280 g/mol. The van der Waals surface area contributed by atoms with Crippen LogP contribution in [0.5, 0.6) is 0 Å². The Morgan fingerprint density at radius 1 is 1.30 bits per heavy atom. The van der Waals surface area contributed by atoms with Gasteiger partial charge in [-0.25, -0.2) is 4.79 Å². The second-order valence-electron chi connectivity index (χ2n) is 5.91. The summed E-state index contributed by atoms with van der Waals surface area (Å²) < 4.78 is 10.3. The molecule has 1 saturated heterocycles. The Hall–Kier alpha value is -1.09. The summed E-state index contributed by atoms with van der Waals surface area (Å²) in [6, 6.07) is 0. The summed E-state index contributed by atoms with van der Waals surface area (Å²) in [6.45, 7) is 8.51. The first-order valence-corrected chi connectivity index (χ1v) is 7.50. The zero-order valence-electron chi connectivity index (χ0n) is 13.5. The molecule has 20 heavy (non-hydrogen) atoms.